The third kappa shape index (κ3) is 8.91. The standard InChI is InChI=1S/C14H24N2O5/c1-6-7-8-9-20-10(2)11(12(17)16-19)15-13(18)21-14(3,4)5/h6,10-11H,1,7-9H2,2-5H3,(H,15,18)/t10?,11-/m0/s1. The average Bonchev–Trinajstić information content (AvgIpc) is 2.37. The molecule has 0 saturated heterocycles. The second-order valence-corrected chi connectivity index (χ2v) is 5.56. The zero-order valence-electron chi connectivity index (χ0n) is 13.0. The number of hydrogen-bond donors (Lipinski definition) is 1. The van der Waals surface area contributed by atoms with Crippen LogP contribution in [-0.2, 0) is 14.3 Å². The highest BCUT2D eigenvalue weighted by atomic mass is 16.6. The lowest BCUT2D eigenvalue weighted by atomic mass is 10.1. The molecule has 0 aromatic carbocycles. The van der Waals surface area contributed by atoms with Gasteiger partial charge in [-0.15, -0.1) is 11.5 Å². The van der Waals surface area contributed by atoms with Crippen LogP contribution in [0.1, 0.15) is 40.5 Å². The lowest BCUT2D eigenvalue weighted by Crippen LogP contribution is -2.49. The van der Waals surface area contributed by atoms with Gasteiger partial charge in [-0.1, -0.05) is 6.08 Å². The molecular weight excluding hydrogens is 276 g/mol. The summed E-state index contributed by atoms with van der Waals surface area (Å²) in [7, 11) is 0. The molecule has 0 aliphatic carbocycles. The Balaban J connectivity index is 4.57. The molecule has 0 spiro atoms. The van der Waals surface area contributed by atoms with Gasteiger partial charge in [0.05, 0.1) is 6.10 Å². The molecule has 0 fully saturated rings. The van der Waals surface area contributed by atoms with E-state index in [-0.39, 0.29) is 0 Å². The van der Waals surface area contributed by atoms with Crippen molar-refractivity contribution in [1.29, 1.82) is 0 Å². The first kappa shape index (κ1) is 19.2. The Morgan fingerprint density at radius 2 is 2.00 bits per heavy atom. The van der Waals surface area contributed by atoms with Gasteiger partial charge in [0, 0.05) is 11.8 Å². The summed E-state index contributed by atoms with van der Waals surface area (Å²) in [4.78, 5) is 33.6. The van der Waals surface area contributed by atoms with E-state index in [0.717, 1.165) is 12.8 Å². The first-order valence-corrected chi connectivity index (χ1v) is 6.80. The van der Waals surface area contributed by atoms with Gasteiger partial charge in [0.25, 0.3) is 0 Å². The van der Waals surface area contributed by atoms with Crippen LogP contribution in [0.3, 0.4) is 0 Å². The Labute approximate surface area is 125 Å². The van der Waals surface area contributed by atoms with Crippen molar-refractivity contribution in [2.75, 3.05) is 6.61 Å². The van der Waals surface area contributed by atoms with Crippen molar-refractivity contribution in [3.05, 3.63) is 17.6 Å². The highest BCUT2D eigenvalue weighted by Gasteiger charge is 2.30. The number of rotatable bonds is 8. The summed E-state index contributed by atoms with van der Waals surface area (Å²) in [5, 5.41) is 4.66. The molecule has 7 heteroatoms. The molecule has 0 aliphatic rings. The molecular formula is C14H24N2O5. The van der Waals surface area contributed by atoms with Crippen molar-refractivity contribution in [3.8, 4) is 0 Å². The van der Waals surface area contributed by atoms with Crippen LogP contribution < -0.4 is 5.32 Å². The maximum absolute atomic E-state index is 11.7. The van der Waals surface area contributed by atoms with E-state index in [2.05, 4.69) is 17.1 Å². The van der Waals surface area contributed by atoms with Crippen molar-refractivity contribution < 1.29 is 19.1 Å². The Kier molecular flexibility index (Phi) is 8.45. The van der Waals surface area contributed by atoms with Gasteiger partial charge < -0.3 is 14.8 Å². The fourth-order valence-electron chi connectivity index (χ4n) is 1.46. The minimum absolute atomic E-state index is 0.381. The van der Waals surface area contributed by atoms with Crippen molar-refractivity contribution in [2.45, 2.75) is 58.3 Å². The molecule has 0 heterocycles. The van der Waals surface area contributed by atoms with Gasteiger partial charge >= 0.3 is 12.0 Å². The Bertz CT molecular complexity index is 376. The second-order valence-electron chi connectivity index (χ2n) is 5.56. The number of ether oxygens (including phenoxy) is 2. The van der Waals surface area contributed by atoms with Crippen LogP contribution in [0.25, 0.3) is 0 Å². The van der Waals surface area contributed by atoms with Gasteiger partial charge in [-0.25, -0.2) is 4.79 Å². The molecule has 0 bridgehead atoms. The SMILES string of the molecule is C=CCCCOC(C)[C@H](NC(=O)OC(C)(C)C)C(=O)N=O. The Morgan fingerprint density at radius 3 is 2.48 bits per heavy atom. The van der Waals surface area contributed by atoms with Crippen LogP contribution in [0.5, 0.6) is 0 Å². The monoisotopic (exact) mass is 300 g/mol. The maximum atomic E-state index is 11.7. The number of nitrogens with zero attached hydrogens (tertiary/aromatic N) is 1. The van der Waals surface area contributed by atoms with Crippen molar-refractivity contribution in [3.63, 3.8) is 0 Å². The zero-order chi connectivity index (χ0) is 16.5. The summed E-state index contributed by atoms with van der Waals surface area (Å²) in [6.07, 6.45) is 1.77. The lowest BCUT2D eigenvalue weighted by molar-refractivity contribution is -0.123. The van der Waals surface area contributed by atoms with E-state index in [9.17, 15) is 14.5 Å². The van der Waals surface area contributed by atoms with Gasteiger partial charge in [-0.3, -0.25) is 4.79 Å². The molecule has 0 aliphatic heterocycles. The fraction of sp³-hybridized carbons (Fsp3) is 0.714. The van der Waals surface area contributed by atoms with Crippen molar-refractivity contribution in [2.24, 2.45) is 5.18 Å². The lowest BCUT2D eigenvalue weighted by Gasteiger charge is -2.25. The van der Waals surface area contributed by atoms with Gasteiger partial charge in [-0.05, 0) is 40.5 Å². The highest BCUT2D eigenvalue weighted by Crippen LogP contribution is 2.09. The molecule has 1 N–H and O–H groups in total. The predicted octanol–water partition coefficient (Wildman–Crippen LogP) is 2.54. The fourth-order valence-corrected chi connectivity index (χ4v) is 1.46. The van der Waals surface area contributed by atoms with E-state index in [1.54, 1.807) is 33.8 Å². The van der Waals surface area contributed by atoms with Crippen molar-refractivity contribution >= 4 is 12.0 Å². The van der Waals surface area contributed by atoms with E-state index in [1.165, 1.54) is 0 Å². The molecule has 21 heavy (non-hydrogen) atoms. The molecule has 0 aromatic heterocycles. The number of unbranched alkanes of at least 4 members (excludes halogenated alkanes) is 1. The number of allylic oxidation sites excluding steroid dienone is 1. The second kappa shape index (κ2) is 9.23. The summed E-state index contributed by atoms with van der Waals surface area (Å²) >= 11 is 0. The maximum Gasteiger partial charge on any atom is 0.408 e. The van der Waals surface area contributed by atoms with E-state index in [4.69, 9.17) is 9.47 Å². The van der Waals surface area contributed by atoms with Gasteiger partial charge in [0.15, 0.2) is 0 Å². The van der Waals surface area contributed by atoms with E-state index in [0.29, 0.717) is 6.61 Å². The summed E-state index contributed by atoms with van der Waals surface area (Å²) < 4.78 is 10.5. The highest BCUT2D eigenvalue weighted by molar-refractivity contribution is 5.86. The molecule has 0 rings (SSSR count). The number of nitrogens with one attached hydrogen (secondary N) is 1. The van der Waals surface area contributed by atoms with E-state index in [1.807, 2.05) is 0 Å². The van der Waals surface area contributed by atoms with E-state index >= 15 is 0 Å². The molecule has 7 nitrogen and oxygen atoms in total. The number of alkyl carbamates (subject to hydrolysis) is 1. The molecule has 120 valence electrons. The minimum Gasteiger partial charge on any atom is -0.444 e. The number of nitroso groups, excluding NO2 is 1. The van der Waals surface area contributed by atoms with Crippen LogP contribution in [0, 0.1) is 4.91 Å². The topological polar surface area (TPSA) is 94.1 Å². The number of carbonyl (C=O) groups is 2. The smallest absolute Gasteiger partial charge is 0.408 e. The Hall–Kier alpha value is -1.76. The van der Waals surface area contributed by atoms with Gasteiger partial charge in [-0.2, -0.15) is 0 Å². The third-order valence-corrected chi connectivity index (χ3v) is 2.43. The number of carbonyl (C=O) groups excluding carboxylic acids is 2. The predicted molar refractivity (Wildman–Crippen MR) is 78.8 cm³/mol. The minimum atomic E-state index is -1.17. The first-order valence-electron chi connectivity index (χ1n) is 6.80. The summed E-state index contributed by atoms with van der Waals surface area (Å²) in [6.45, 7) is 10.6. The summed E-state index contributed by atoms with van der Waals surface area (Å²) in [5.74, 6) is -1.00. The van der Waals surface area contributed by atoms with Crippen LogP contribution in [0.4, 0.5) is 4.79 Å². The first-order chi connectivity index (χ1) is 9.71. The van der Waals surface area contributed by atoms with E-state index < -0.39 is 29.7 Å². The molecule has 2 amide bonds. The van der Waals surface area contributed by atoms with Crippen LogP contribution in [-0.4, -0.2) is 36.4 Å². The van der Waals surface area contributed by atoms with Crippen LogP contribution in [0.15, 0.2) is 17.8 Å². The molecule has 2 atom stereocenters. The number of hydrogen-bond acceptors (Lipinski definition) is 5. The van der Waals surface area contributed by atoms with Gasteiger partial charge in [0.2, 0.25) is 0 Å². The summed E-state index contributed by atoms with van der Waals surface area (Å²) in [5.41, 5.74) is -0.708. The van der Waals surface area contributed by atoms with Crippen LogP contribution >= 0.6 is 0 Å². The molecule has 0 aromatic rings. The van der Waals surface area contributed by atoms with Crippen LogP contribution in [0.2, 0.25) is 0 Å². The molecule has 0 saturated carbocycles. The zero-order valence-corrected chi connectivity index (χ0v) is 13.0. The Morgan fingerprint density at radius 1 is 1.38 bits per heavy atom. The average molecular weight is 300 g/mol. The molecule has 0 radical (unpaired) electrons. The largest absolute Gasteiger partial charge is 0.444 e. The number of amides is 2. The van der Waals surface area contributed by atoms with Gasteiger partial charge in [0.1, 0.15) is 11.6 Å². The molecule has 1 unspecified atom stereocenters. The quantitative estimate of drug-likeness (QED) is 0.422. The van der Waals surface area contributed by atoms with Crippen molar-refractivity contribution in [1.82, 2.24) is 5.32 Å². The summed E-state index contributed by atoms with van der Waals surface area (Å²) in [6, 6.07) is -1.17. The third-order valence-electron chi connectivity index (χ3n) is 2.43. The normalized spacial score (nSPS) is 13.9.